The fourth-order valence-electron chi connectivity index (χ4n) is 1.43. The molecule has 1 aromatic heterocycles. The lowest BCUT2D eigenvalue weighted by Gasteiger charge is -1.98. The van der Waals surface area contributed by atoms with Gasteiger partial charge in [0.15, 0.2) is 0 Å². The molecule has 3 nitrogen and oxygen atoms in total. The number of aromatic amines is 1. The third-order valence-corrected chi connectivity index (χ3v) is 2.41. The number of aromatic nitrogens is 3. The average Bonchev–Trinajstić information content (AvgIpc) is 2.60. The number of H-pyrrole nitrogens is 1. The van der Waals surface area contributed by atoms with Crippen molar-refractivity contribution in [2.24, 2.45) is 0 Å². The molecule has 0 aromatic carbocycles. The molecule has 1 rings (SSSR count). The van der Waals surface area contributed by atoms with Gasteiger partial charge in [0, 0.05) is 4.86 Å². The first kappa shape index (κ1) is 11.3. The van der Waals surface area contributed by atoms with Crippen LogP contribution in [0.5, 0.6) is 0 Å². The fourth-order valence-corrected chi connectivity index (χ4v) is 1.59. The molecule has 1 aromatic rings. The number of unbranched alkanes of at least 4 members (excludes halogenated alkanes) is 3. The highest BCUT2D eigenvalue weighted by atomic mass is 32.1. The minimum Gasteiger partial charge on any atom is -0.197 e. The zero-order chi connectivity index (χ0) is 10.4. The normalized spacial score (nSPS) is 10.4. The molecule has 0 saturated carbocycles. The van der Waals surface area contributed by atoms with Gasteiger partial charge in [0.1, 0.15) is 5.69 Å². The molecule has 4 heteroatoms. The minimum absolute atomic E-state index is 0.823. The van der Waals surface area contributed by atoms with Crippen LogP contribution in [0.2, 0.25) is 0 Å². The largest absolute Gasteiger partial charge is 0.197 e. The maximum atomic E-state index is 5.08. The fraction of sp³-hybridized carbons (Fsp3) is 0.700. The lowest BCUT2D eigenvalue weighted by molar-refractivity contribution is 0.659. The number of thiocarbonyl (C=S) groups is 1. The van der Waals surface area contributed by atoms with Gasteiger partial charge in [-0.2, -0.15) is 15.4 Å². The third-order valence-electron chi connectivity index (χ3n) is 2.22. The second-order valence-electron chi connectivity index (χ2n) is 3.49. The summed E-state index contributed by atoms with van der Waals surface area (Å²) in [6.07, 6.45) is 5.98. The zero-order valence-corrected chi connectivity index (χ0v) is 9.65. The molecule has 0 unspecified atom stereocenters. The Labute approximate surface area is 90.3 Å². The lowest BCUT2D eigenvalue weighted by atomic mass is 10.1. The van der Waals surface area contributed by atoms with Crippen LogP contribution in [-0.2, 0) is 6.42 Å². The second-order valence-corrected chi connectivity index (χ2v) is 4.10. The number of hydrogen-bond acceptors (Lipinski definition) is 3. The van der Waals surface area contributed by atoms with Crippen LogP contribution in [-0.4, -0.2) is 20.3 Å². The topological polar surface area (TPSA) is 41.6 Å². The van der Waals surface area contributed by atoms with Crippen molar-refractivity contribution < 1.29 is 0 Å². The summed E-state index contributed by atoms with van der Waals surface area (Å²) < 4.78 is 0. The first-order valence-corrected chi connectivity index (χ1v) is 5.57. The van der Waals surface area contributed by atoms with E-state index in [0.717, 1.165) is 22.7 Å². The van der Waals surface area contributed by atoms with E-state index in [0.29, 0.717) is 0 Å². The van der Waals surface area contributed by atoms with E-state index in [2.05, 4.69) is 22.3 Å². The van der Waals surface area contributed by atoms with Gasteiger partial charge >= 0.3 is 0 Å². The van der Waals surface area contributed by atoms with Gasteiger partial charge < -0.3 is 0 Å². The van der Waals surface area contributed by atoms with Crippen LogP contribution in [0.1, 0.15) is 50.9 Å². The first-order chi connectivity index (χ1) is 6.75. The summed E-state index contributed by atoms with van der Waals surface area (Å²) in [6.45, 7) is 4.10. The summed E-state index contributed by atoms with van der Waals surface area (Å²) in [4.78, 5) is 0.823. The Hall–Kier alpha value is -0.770. The van der Waals surface area contributed by atoms with E-state index >= 15 is 0 Å². The van der Waals surface area contributed by atoms with Crippen molar-refractivity contribution in [1.29, 1.82) is 0 Å². The van der Waals surface area contributed by atoms with Crippen LogP contribution in [0.4, 0.5) is 0 Å². The molecule has 14 heavy (non-hydrogen) atoms. The Morgan fingerprint density at radius 2 is 2.07 bits per heavy atom. The molecule has 1 N–H and O–H groups in total. The molecule has 0 radical (unpaired) electrons. The van der Waals surface area contributed by atoms with Gasteiger partial charge in [0.2, 0.25) is 0 Å². The SMILES string of the molecule is CCCCCCc1n[nH]nc1C(C)=S. The van der Waals surface area contributed by atoms with Crippen molar-refractivity contribution in [3.8, 4) is 0 Å². The van der Waals surface area contributed by atoms with Crippen molar-refractivity contribution in [3.05, 3.63) is 11.4 Å². The summed E-state index contributed by atoms with van der Waals surface area (Å²) in [7, 11) is 0. The number of nitrogens with zero attached hydrogens (tertiary/aromatic N) is 2. The van der Waals surface area contributed by atoms with Crippen LogP contribution >= 0.6 is 12.2 Å². The Balaban J connectivity index is 2.42. The van der Waals surface area contributed by atoms with Crippen molar-refractivity contribution in [2.75, 3.05) is 0 Å². The van der Waals surface area contributed by atoms with Gasteiger partial charge in [-0.3, -0.25) is 0 Å². The van der Waals surface area contributed by atoms with E-state index in [1.54, 1.807) is 0 Å². The van der Waals surface area contributed by atoms with Gasteiger partial charge in [0.25, 0.3) is 0 Å². The predicted octanol–water partition coefficient (Wildman–Crippen LogP) is 2.67. The zero-order valence-electron chi connectivity index (χ0n) is 8.84. The second kappa shape index (κ2) is 5.86. The van der Waals surface area contributed by atoms with E-state index in [9.17, 15) is 0 Å². The van der Waals surface area contributed by atoms with Crippen molar-refractivity contribution in [3.63, 3.8) is 0 Å². The van der Waals surface area contributed by atoms with Crippen molar-refractivity contribution in [1.82, 2.24) is 15.4 Å². The number of nitrogens with one attached hydrogen (secondary N) is 1. The summed E-state index contributed by atoms with van der Waals surface area (Å²) in [5, 5.41) is 10.8. The summed E-state index contributed by atoms with van der Waals surface area (Å²) in [5.74, 6) is 0. The molecule has 1 heterocycles. The molecule has 78 valence electrons. The highest BCUT2D eigenvalue weighted by Crippen LogP contribution is 2.09. The monoisotopic (exact) mass is 211 g/mol. The van der Waals surface area contributed by atoms with Crippen LogP contribution in [0, 0.1) is 0 Å². The van der Waals surface area contributed by atoms with Crippen LogP contribution in [0.15, 0.2) is 0 Å². The maximum absolute atomic E-state index is 5.08. The summed E-state index contributed by atoms with van der Waals surface area (Å²) in [5.41, 5.74) is 1.89. The van der Waals surface area contributed by atoms with Gasteiger partial charge in [-0.25, -0.2) is 0 Å². The molecule has 0 atom stereocenters. The predicted molar refractivity (Wildman–Crippen MR) is 61.6 cm³/mol. The number of rotatable bonds is 6. The van der Waals surface area contributed by atoms with E-state index in [1.165, 1.54) is 25.7 Å². The lowest BCUT2D eigenvalue weighted by Crippen LogP contribution is -1.98. The highest BCUT2D eigenvalue weighted by Gasteiger charge is 2.08. The third kappa shape index (κ3) is 3.18. The first-order valence-electron chi connectivity index (χ1n) is 5.16. The molecule has 0 amide bonds. The summed E-state index contributed by atoms with van der Waals surface area (Å²) in [6, 6.07) is 0. The Bertz CT molecular complexity index is 293. The van der Waals surface area contributed by atoms with E-state index in [4.69, 9.17) is 12.2 Å². The van der Waals surface area contributed by atoms with Gasteiger partial charge in [-0.1, -0.05) is 38.4 Å². The van der Waals surface area contributed by atoms with Crippen molar-refractivity contribution in [2.45, 2.75) is 46.0 Å². The molecular formula is C10H17N3S. The van der Waals surface area contributed by atoms with Crippen LogP contribution in [0.25, 0.3) is 0 Å². The molecule has 0 saturated heterocycles. The smallest absolute Gasteiger partial charge is 0.122 e. The van der Waals surface area contributed by atoms with Gasteiger partial charge in [-0.15, -0.1) is 0 Å². The van der Waals surface area contributed by atoms with E-state index < -0.39 is 0 Å². The molecule has 0 aliphatic carbocycles. The van der Waals surface area contributed by atoms with Gasteiger partial charge in [0.05, 0.1) is 5.69 Å². The van der Waals surface area contributed by atoms with Gasteiger partial charge in [-0.05, 0) is 19.8 Å². The molecular weight excluding hydrogens is 194 g/mol. The van der Waals surface area contributed by atoms with Crippen LogP contribution in [0.3, 0.4) is 0 Å². The Morgan fingerprint density at radius 1 is 1.29 bits per heavy atom. The molecule has 0 aliphatic rings. The number of aryl methyl sites for hydroxylation is 1. The average molecular weight is 211 g/mol. The molecule has 0 bridgehead atoms. The maximum Gasteiger partial charge on any atom is 0.122 e. The van der Waals surface area contributed by atoms with E-state index in [1.807, 2.05) is 6.92 Å². The van der Waals surface area contributed by atoms with Crippen LogP contribution < -0.4 is 0 Å². The molecule has 0 spiro atoms. The number of hydrogen-bond donors (Lipinski definition) is 1. The standard InChI is InChI=1S/C10H17N3S/c1-3-4-5-6-7-9-10(8(2)14)12-13-11-9/h3-7H2,1-2H3,(H,11,12,13). The quantitative estimate of drug-likeness (QED) is 0.447. The molecule has 0 fully saturated rings. The van der Waals surface area contributed by atoms with E-state index in [-0.39, 0.29) is 0 Å². The molecule has 0 aliphatic heterocycles. The highest BCUT2D eigenvalue weighted by molar-refractivity contribution is 7.80. The Morgan fingerprint density at radius 3 is 2.71 bits per heavy atom. The minimum atomic E-state index is 0.823. The summed E-state index contributed by atoms with van der Waals surface area (Å²) >= 11 is 5.08. The Kier molecular flexibility index (Phi) is 4.73. The van der Waals surface area contributed by atoms with Crippen molar-refractivity contribution >= 4 is 17.1 Å².